The maximum absolute atomic E-state index is 12.5. The van der Waals surface area contributed by atoms with Crippen LogP contribution in [0.25, 0.3) is 5.65 Å². The number of fused-ring (bicyclic) bond motifs is 2. The van der Waals surface area contributed by atoms with E-state index in [1.807, 2.05) is 13.8 Å². The minimum Gasteiger partial charge on any atom is -0.343 e. The molecule has 22 heavy (non-hydrogen) atoms. The van der Waals surface area contributed by atoms with E-state index in [-0.39, 0.29) is 47.0 Å². The van der Waals surface area contributed by atoms with E-state index in [1.54, 1.807) is 19.0 Å². The Hall–Kier alpha value is -2.64. The van der Waals surface area contributed by atoms with Crippen molar-refractivity contribution in [1.82, 2.24) is 24.4 Å². The smallest absolute Gasteiger partial charge is 0.278 e. The Morgan fingerprint density at radius 2 is 2.05 bits per heavy atom. The molecule has 1 aliphatic rings. The number of amides is 2. The van der Waals surface area contributed by atoms with E-state index in [1.165, 1.54) is 15.5 Å². The molecule has 0 fully saturated rings. The summed E-state index contributed by atoms with van der Waals surface area (Å²) in [6, 6.07) is 1.48. The Balaban J connectivity index is 2.17. The fourth-order valence-corrected chi connectivity index (χ4v) is 2.52. The zero-order valence-electron chi connectivity index (χ0n) is 12.9. The van der Waals surface area contributed by atoms with Gasteiger partial charge in [-0.15, -0.1) is 0 Å². The molecule has 0 aliphatic carbocycles. The summed E-state index contributed by atoms with van der Waals surface area (Å²) in [5.74, 6) is -0.508. The van der Waals surface area contributed by atoms with Gasteiger partial charge in [-0.05, 0) is 13.8 Å². The second kappa shape index (κ2) is 4.69. The summed E-state index contributed by atoms with van der Waals surface area (Å²) < 4.78 is 1.21. The van der Waals surface area contributed by atoms with Crippen LogP contribution in [0.4, 0.5) is 0 Å². The van der Waals surface area contributed by atoms with Gasteiger partial charge in [0.25, 0.3) is 17.4 Å². The van der Waals surface area contributed by atoms with Crippen LogP contribution >= 0.6 is 0 Å². The lowest BCUT2D eigenvalue weighted by Crippen LogP contribution is -2.31. The first kappa shape index (κ1) is 14.3. The zero-order chi connectivity index (χ0) is 16.2. The van der Waals surface area contributed by atoms with Crippen molar-refractivity contribution < 1.29 is 9.59 Å². The van der Waals surface area contributed by atoms with Gasteiger partial charge < -0.3 is 9.80 Å². The van der Waals surface area contributed by atoms with E-state index in [2.05, 4.69) is 10.1 Å². The molecule has 0 unspecified atom stereocenters. The van der Waals surface area contributed by atoms with Gasteiger partial charge in [0.2, 0.25) is 0 Å². The number of carbonyl (C=O) groups excluding carboxylic acids is 2. The first-order valence-electron chi connectivity index (χ1n) is 6.98. The van der Waals surface area contributed by atoms with Crippen LogP contribution in [0.15, 0.2) is 10.9 Å². The average molecular weight is 303 g/mol. The van der Waals surface area contributed by atoms with Crippen molar-refractivity contribution in [3.8, 4) is 0 Å². The van der Waals surface area contributed by atoms with E-state index in [4.69, 9.17) is 0 Å². The van der Waals surface area contributed by atoms with Crippen LogP contribution in [0.3, 0.4) is 0 Å². The molecule has 2 aromatic rings. The molecular formula is C14H17N5O3. The third-order valence-electron chi connectivity index (χ3n) is 3.76. The average Bonchev–Trinajstić information content (AvgIpc) is 3.01. The Morgan fingerprint density at radius 1 is 1.36 bits per heavy atom. The number of rotatable bonds is 2. The number of carbonyl (C=O) groups is 2. The standard InChI is InChI=1S/C14H17N5O3/c1-7(2)18-6-8-11(14(18)22)15-10-5-9(13(21)17(3)4)16-19(10)12(8)20/h5,7,16H,6H2,1-4H3. The fraction of sp³-hybridized carbons (Fsp3) is 0.429. The molecule has 3 heterocycles. The quantitative estimate of drug-likeness (QED) is 0.851. The SMILES string of the molecule is CC(C)N1Cc2c(nc3cc(C(=O)N(C)C)[nH]n3c2=O)C1=O. The lowest BCUT2D eigenvalue weighted by atomic mass is 10.2. The molecule has 1 aliphatic heterocycles. The summed E-state index contributed by atoms with van der Waals surface area (Å²) in [6.45, 7) is 4.03. The lowest BCUT2D eigenvalue weighted by Gasteiger charge is -2.19. The molecule has 0 saturated carbocycles. The molecule has 0 spiro atoms. The van der Waals surface area contributed by atoms with Crippen LogP contribution < -0.4 is 5.56 Å². The summed E-state index contributed by atoms with van der Waals surface area (Å²) in [5.41, 5.74) is 0.733. The highest BCUT2D eigenvalue weighted by molar-refractivity contribution is 5.97. The molecule has 8 nitrogen and oxygen atoms in total. The summed E-state index contributed by atoms with van der Waals surface area (Å²) in [7, 11) is 3.24. The van der Waals surface area contributed by atoms with E-state index in [0.29, 0.717) is 5.56 Å². The number of aromatic nitrogens is 3. The predicted octanol–water partition coefficient (Wildman–Crippen LogP) is 0.0886. The fourth-order valence-electron chi connectivity index (χ4n) is 2.52. The minimum absolute atomic E-state index is 0.00433. The van der Waals surface area contributed by atoms with Gasteiger partial charge in [0.1, 0.15) is 11.4 Å². The van der Waals surface area contributed by atoms with Gasteiger partial charge in [-0.25, -0.2) is 9.50 Å². The van der Waals surface area contributed by atoms with E-state index in [9.17, 15) is 14.4 Å². The molecule has 0 aromatic carbocycles. The lowest BCUT2D eigenvalue weighted by molar-refractivity contribution is 0.0726. The second-order valence-electron chi connectivity index (χ2n) is 5.83. The Kier molecular flexibility index (Phi) is 3.05. The van der Waals surface area contributed by atoms with Crippen molar-refractivity contribution in [3.05, 3.63) is 33.4 Å². The molecule has 0 atom stereocenters. The van der Waals surface area contributed by atoms with Gasteiger partial charge in [-0.3, -0.25) is 19.5 Å². The van der Waals surface area contributed by atoms with Gasteiger partial charge >= 0.3 is 0 Å². The molecule has 2 aromatic heterocycles. The first-order valence-corrected chi connectivity index (χ1v) is 6.98. The maximum atomic E-state index is 12.5. The summed E-state index contributed by atoms with van der Waals surface area (Å²) >= 11 is 0. The van der Waals surface area contributed by atoms with Crippen molar-refractivity contribution in [2.24, 2.45) is 0 Å². The molecule has 0 bridgehead atoms. The third-order valence-corrected chi connectivity index (χ3v) is 3.76. The van der Waals surface area contributed by atoms with Crippen LogP contribution in [-0.2, 0) is 6.54 Å². The topological polar surface area (TPSA) is 90.8 Å². The first-order chi connectivity index (χ1) is 10.3. The summed E-state index contributed by atoms with van der Waals surface area (Å²) in [4.78, 5) is 44.1. The number of H-pyrrole nitrogens is 1. The van der Waals surface area contributed by atoms with Crippen molar-refractivity contribution in [2.75, 3.05) is 14.1 Å². The Bertz CT molecular complexity index is 846. The summed E-state index contributed by atoms with van der Waals surface area (Å²) in [6.07, 6.45) is 0. The molecule has 8 heteroatoms. The highest BCUT2D eigenvalue weighted by Gasteiger charge is 2.34. The number of hydrogen-bond donors (Lipinski definition) is 1. The van der Waals surface area contributed by atoms with E-state index < -0.39 is 0 Å². The van der Waals surface area contributed by atoms with Gasteiger partial charge in [0, 0.05) is 26.2 Å². The number of nitrogens with zero attached hydrogens (tertiary/aromatic N) is 4. The van der Waals surface area contributed by atoms with Gasteiger partial charge in [0.15, 0.2) is 5.65 Å². The van der Waals surface area contributed by atoms with Gasteiger partial charge in [-0.2, -0.15) is 0 Å². The molecule has 2 amide bonds. The third kappa shape index (κ3) is 1.91. The van der Waals surface area contributed by atoms with Crippen LogP contribution in [-0.4, -0.2) is 56.3 Å². The second-order valence-corrected chi connectivity index (χ2v) is 5.83. The van der Waals surface area contributed by atoms with Crippen molar-refractivity contribution in [3.63, 3.8) is 0 Å². The predicted molar refractivity (Wildman–Crippen MR) is 78.8 cm³/mol. The highest BCUT2D eigenvalue weighted by atomic mass is 16.2. The Morgan fingerprint density at radius 3 is 2.64 bits per heavy atom. The van der Waals surface area contributed by atoms with Gasteiger partial charge in [-0.1, -0.05) is 0 Å². The van der Waals surface area contributed by atoms with Crippen LogP contribution in [0.5, 0.6) is 0 Å². The van der Waals surface area contributed by atoms with Crippen LogP contribution in [0, 0.1) is 0 Å². The molecular weight excluding hydrogens is 286 g/mol. The normalized spacial score (nSPS) is 14.0. The summed E-state index contributed by atoms with van der Waals surface area (Å²) in [5, 5.41) is 2.75. The van der Waals surface area contributed by atoms with E-state index >= 15 is 0 Å². The molecule has 3 rings (SSSR count). The number of hydrogen-bond acceptors (Lipinski definition) is 4. The van der Waals surface area contributed by atoms with Crippen LogP contribution in [0.1, 0.15) is 40.4 Å². The monoisotopic (exact) mass is 303 g/mol. The van der Waals surface area contributed by atoms with Gasteiger partial charge in [0.05, 0.1) is 12.1 Å². The van der Waals surface area contributed by atoms with Crippen LogP contribution in [0.2, 0.25) is 0 Å². The molecule has 116 valence electrons. The largest absolute Gasteiger partial charge is 0.343 e. The minimum atomic E-state index is -0.339. The maximum Gasteiger partial charge on any atom is 0.278 e. The molecule has 1 N–H and O–H groups in total. The van der Waals surface area contributed by atoms with Crippen molar-refractivity contribution >= 4 is 17.5 Å². The van der Waals surface area contributed by atoms with Crippen molar-refractivity contribution in [1.29, 1.82) is 0 Å². The zero-order valence-corrected chi connectivity index (χ0v) is 12.9. The number of aromatic amines is 1. The number of nitrogens with one attached hydrogen (secondary N) is 1. The molecule has 0 radical (unpaired) electrons. The Labute approximate surface area is 126 Å². The highest BCUT2D eigenvalue weighted by Crippen LogP contribution is 2.21. The van der Waals surface area contributed by atoms with E-state index in [0.717, 1.165) is 0 Å². The van der Waals surface area contributed by atoms with Crippen molar-refractivity contribution in [2.45, 2.75) is 26.4 Å². The molecule has 0 saturated heterocycles.